The van der Waals surface area contributed by atoms with Crippen molar-refractivity contribution in [3.63, 3.8) is 0 Å². The van der Waals surface area contributed by atoms with Gasteiger partial charge in [0.15, 0.2) is 5.82 Å². The Kier molecular flexibility index (Phi) is 7.48. The Bertz CT molecular complexity index is 977. The highest BCUT2D eigenvalue weighted by molar-refractivity contribution is 6.33. The Morgan fingerprint density at radius 3 is 2.52 bits per heavy atom. The van der Waals surface area contributed by atoms with Crippen LogP contribution in [0.2, 0.25) is 5.02 Å². The normalized spacial score (nSPS) is 16.6. The van der Waals surface area contributed by atoms with E-state index in [2.05, 4.69) is 15.1 Å². The summed E-state index contributed by atoms with van der Waals surface area (Å²) in [6.45, 7) is 7.47. The molecule has 0 N–H and O–H groups in total. The number of hydrogen-bond donors (Lipinski definition) is 0. The lowest BCUT2D eigenvalue weighted by Gasteiger charge is -2.28. The lowest BCUT2D eigenvalue weighted by Crippen LogP contribution is -2.46. The second kappa shape index (κ2) is 10.5. The van der Waals surface area contributed by atoms with Gasteiger partial charge in [-0.15, -0.1) is 10.2 Å². The fraction of sp³-hybridized carbons (Fsp3) is 0.520. The van der Waals surface area contributed by atoms with E-state index in [4.69, 9.17) is 11.6 Å². The average molecular weight is 470 g/mol. The summed E-state index contributed by atoms with van der Waals surface area (Å²) < 4.78 is 0. The van der Waals surface area contributed by atoms with Crippen LogP contribution in [0.4, 0.5) is 5.82 Å². The van der Waals surface area contributed by atoms with Gasteiger partial charge in [0, 0.05) is 44.2 Å². The molecule has 0 unspecified atom stereocenters. The van der Waals surface area contributed by atoms with Crippen LogP contribution < -0.4 is 4.90 Å². The van der Waals surface area contributed by atoms with Crippen molar-refractivity contribution in [1.82, 2.24) is 20.0 Å². The molecule has 176 valence electrons. The quantitative estimate of drug-likeness (QED) is 0.618. The van der Waals surface area contributed by atoms with E-state index in [0.717, 1.165) is 42.9 Å². The van der Waals surface area contributed by atoms with Gasteiger partial charge in [-0.25, -0.2) is 0 Å². The highest BCUT2D eigenvalue weighted by Gasteiger charge is 2.30. The molecule has 1 saturated carbocycles. The molecule has 2 aliphatic rings. The molecule has 1 aromatic carbocycles. The Morgan fingerprint density at radius 2 is 1.85 bits per heavy atom. The van der Waals surface area contributed by atoms with Crippen LogP contribution in [0.3, 0.4) is 0 Å². The Hall–Kier alpha value is -2.67. The van der Waals surface area contributed by atoms with Gasteiger partial charge in [0.2, 0.25) is 11.8 Å². The number of hydrogen-bond acceptors (Lipinski definition) is 5. The van der Waals surface area contributed by atoms with Gasteiger partial charge >= 0.3 is 0 Å². The highest BCUT2D eigenvalue weighted by Crippen LogP contribution is 2.30. The number of carbonyl (C=O) groups is 2. The Morgan fingerprint density at radius 1 is 1.06 bits per heavy atom. The van der Waals surface area contributed by atoms with Crippen LogP contribution in [0.5, 0.6) is 0 Å². The van der Waals surface area contributed by atoms with E-state index in [1.54, 1.807) is 4.90 Å². The highest BCUT2D eigenvalue weighted by atomic mass is 35.5. The van der Waals surface area contributed by atoms with Gasteiger partial charge < -0.3 is 14.7 Å². The maximum Gasteiger partial charge on any atom is 0.242 e. The van der Waals surface area contributed by atoms with Gasteiger partial charge in [-0.05, 0) is 43.4 Å². The van der Waals surface area contributed by atoms with Crippen molar-refractivity contribution in [2.45, 2.75) is 33.1 Å². The van der Waals surface area contributed by atoms with Crippen molar-refractivity contribution in [3.05, 3.63) is 41.4 Å². The van der Waals surface area contributed by atoms with Crippen LogP contribution in [-0.2, 0) is 9.59 Å². The first-order chi connectivity index (χ1) is 15.9. The molecular formula is C25H32ClN5O2. The van der Waals surface area contributed by atoms with Gasteiger partial charge in [0.1, 0.15) is 0 Å². The van der Waals surface area contributed by atoms with E-state index < -0.39 is 0 Å². The summed E-state index contributed by atoms with van der Waals surface area (Å²) >= 11 is 6.28. The first-order valence-corrected chi connectivity index (χ1v) is 12.2. The third kappa shape index (κ3) is 6.02. The largest absolute Gasteiger partial charge is 0.353 e. The van der Waals surface area contributed by atoms with E-state index in [-0.39, 0.29) is 24.3 Å². The molecule has 1 saturated heterocycles. The number of amides is 2. The van der Waals surface area contributed by atoms with Crippen molar-refractivity contribution in [1.29, 1.82) is 0 Å². The lowest BCUT2D eigenvalue weighted by molar-refractivity contribution is -0.142. The van der Waals surface area contributed by atoms with Gasteiger partial charge in [-0.2, -0.15) is 0 Å². The zero-order valence-corrected chi connectivity index (χ0v) is 20.2. The van der Waals surface area contributed by atoms with Gasteiger partial charge in [0.05, 0.1) is 17.3 Å². The van der Waals surface area contributed by atoms with Crippen molar-refractivity contribution >= 4 is 29.2 Å². The number of carbonyl (C=O) groups excluding carboxylic acids is 2. The summed E-state index contributed by atoms with van der Waals surface area (Å²) in [5, 5.41) is 9.45. The summed E-state index contributed by atoms with van der Waals surface area (Å²) in [6, 6.07) is 11.5. The Balaban J connectivity index is 1.36. The second-order valence-corrected chi connectivity index (χ2v) is 9.70. The molecule has 1 aliphatic carbocycles. The summed E-state index contributed by atoms with van der Waals surface area (Å²) in [5.74, 6) is 1.37. The second-order valence-electron chi connectivity index (χ2n) is 9.29. The molecular weight excluding hydrogens is 438 g/mol. The van der Waals surface area contributed by atoms with Crippen molar-refractivity contribution in [2.24, 2.45) is 11.8 Å². The molecule has 2 fully saturated rings. The van der Waals surface area contributed by atoms with Gasteiger partial charge in [-0.1, -0.05) is 43.6 Å². The van der Waals surface area contributed by atoms with Crippen LogP contribution >= 0.6 is 11.6 Å². The van der Waals surface area contributed by atoms with E-state index in [1.807, 2.05) is 55.1 Å². The third-order valence-corrected chi connectivity index (χ3v) is 6.61. The van der Waals surface area contributed by atoms with Crippen molar-refractivity contribution < 1.29 is 9.59 Å². The molecule has 2 amide bonds. The minimum absolute atomic E-state index is 0.0339. The summed E-state index contributed by atoms with van der Waals surface area (Å²) in [4.78, 5) is 31.5. The number of anilines is 1. The SMILES string of the molecule is CC(C)C(=O)N(CC(=O)N1CCCN(c2ccc(-c3ccccc3Cl)nn2)CC1)CC1CC1. The van der Waals surface area contributed by atoms with Gasteiger partial charge in [-0.3, -0.25) is 9.59 Å². The Labute approximate surface area is 200 Å². The van der Waals surface area contributed by atoms with Gasteiger partial charge in [0.25, 0.3) is 0 Å². The van der Waals surface area contributed by atoms with Crippen molar-refractivity contribution in [3.8, 4) is 11.3 Å². The van der Waals surface area contributed by atoms with Crippen molar-refractivity contribution in [2.75, 3.05) is 44.2 Å². The first-order valence-electron chi connectivity index (χ1n) is 11.8. The fourth-order valence-corrected chi connectivity index (χ4v) is 4.41. The summed E-state index contributed by atoms with van der Waals surface area (Å²) in [6.07, 6.45) is 3.16. The smallest absolute Gasteiger partial charge is 0.242 e. The topological polar surface area (TPSA) is 69.6 Å². The van der Waals surface area contributed by atoms with Crippen LogP contribution in [0.15, 0.2) is 36.4 Å². The molecule has 0 spiro atoms. The van der Waals surface area contributed by atoms with E-state index in [1.165, 1.54) is 0 Å². The molecule has 8 heteroatoms. The minimum Gasteiger partial charge on any atom is -0.353 e. The molecule has 1 aliphatic heterocycles. The standard InChI is InChI=1S/C25H32ClN5O2/c1-18(2)25(33)31(16-19-8-9-19)17-24(32)30-13-5-12-29(14-15-30)23-11-10-22(27-28-23)20-6-3-4-7-21(20)26/h3-4,6-7,10-11,18-19H,5,8-9,12-17H2,1-2H3. The van der Waals surface area contributed by atoms with Crippen LogP contribution in [-0.4, -0.2) is 71.1 Å². The van der Waals surface area contributed by atoms with E-state index >= 15 is 0 Å². The zero-order valence-electron chi connectivity index (χ0n) is 19.4. The zero-order chi connectivity index (χ0) is 23.4. The molecule has 0 atom stereocenters. The maximum absolute atomic E-state index is 13.0. The molecule has 1 aromatic heterocycles. The number of halogens is 1. The van der Waals surface area contributed by atoms with Crippen LogP contribution in [0.1, 0.15) is 33.1 Å². The average Bonchev–Trinajstić information content (AvgIpc) is 3.65. The number of rotatable bonds is 7. The summed E-state index contributed by atoms with van der Waals surface area (Å²) in [5.41, 5.74) is 1.60. The molecule has 33 heavy (non-hydrogen) atoms. The van der Waals surface area contributed by atoms with Crippen LogP contribution in [0.25, 0.3) is 11.3 Å². The maximum atomic E-state index is 13.0. The molecule has 0 radical (unpaired) electrons. The minimum atomic E-state index is -0.0940. The molecule has 2 aromatic rings. The molecule has 0 bridgehead atoms. The predicted molar refractivity (Wildman–Crippen MR) is 130 cm³/mol. The number of aromatic nitrogens is 2. The predicted octanol–water partition coefficient (Wildman–Crippen LogP) is 3.73. The van der Waals surface area contributed by atoms with E-state index in [9.17, 15) is 9.59 Å². The van der Waals surface area contributed by atoms with Crippen LogP contribution in [0, 0.1) is 11.8 Å². The molecule has 4 rings (SSSR count). The number of benzene rings is 1. The van der Waals surface area contributed by atoms with E-state index in [0.29, 0.717) is 37.1 Å². The first kappa shape index (κ1) is 23.5. The molecule has 7 nitrogen and oxygen atoms in total. The monoisotopic (exact) mass is 469 g/mol. The lowest BCUT2D eigenvalue weighted by atomic mass is 10.1. The molecule has 2 heterocycles. The summed E-state index contributed by atoms with van der Waals surface area (Å²) in [7, 11) is 0. The fourth-order valence-electron chi connectivity index (χ4n) is 4.18. The number of nitrogens with zero attached hydrogens (tertiary/aromatic N) is 5. The third-order valence-electron chi connectivity index (χ3n) is 6.28.